The number of carbonyl (C=O) groups excluding carboxylic acids is 1. The number of hydrogen-bond donors (Lipinski definition) is 3. The lowest BCUT2D eigenvalue weighted by Gasteiger charge is -1.97. The van der Waals surface area contributed by atoms with Crippen molar-refractivity contribution < 1.29 is 9.21 Å². The number of amides is 1. The van der Waals surface area contributed by atoms with Crippen molar-refractivity contribution in [3.63, 3.8) is 0 Å². The summed E-state index contributed by atoms with van der Waals surface area (Å²) in [5, 5.41) is 8.97. The number of hydrogen-bond acceptors (Lipinski definition) is 4. The van der Waals surface area contributed by atoms with Crippen molar-refractivity contribution in [2.24, 2.45) is 0 Å². The van der Waals surface area contributed by atoms with Crippen LogP contribution in [0.1, 0.15) is 10.6 Å². The zero-order chi connectivity index (χ0) is 10.8. The maximum absolute atomic E-state index is 11.5. The lowest BCUT2D eigenvalue weighted by Crippen LogP contribution is -2.11. The van der Waals surface area contributed by atoms with E-state index in [0.29, 0.717) is 5.82 Å². The molecule has 0 saturated heterocycles. The number of aromatic amines is 1. The third-order valence-corrected chi connectivity index (χ3v) is 1.98. The Morgan fingerprint density at radius 3 is 3.00 bits per heavy atom. The van der Waals surface area contributed by atoms with Crippen LogP contribution in [0.4, 0.5) is 11.7 Å². The van der Waals surface area contributed by atoms with Crippen molar-refractivity contribution in [2.75, 3.05) is 11.1 Å². The van der Waals surface area contributed by atoms with Gasteiger partial charge in [-0.3, -0.25) is 9.89 Å². The first-order valence-corrected chi connectivity index (χ1v) is 4.40. The Balaban J connectivity index is 2.15. The van der Waals surface area contributed by atoms with E-state index in [1.54, 1.807) is 6.07 Å². The number of anilines is 2. The Morgan fingerprint density at radius 2 is 2.47 bits per heavy atom. The van der Waals surface area contributed by atoms with Gasteiger partial charge < -0.3 is 15.5 Å². The summed E-state index contributed by atoms with van der Waals surface area (Å²) in [5.74, 6) is 0.0856. The fraction of sp³-hybridized carbons (Fsp3) is 0. The van der Waals surface area contributed by atoms with Crippen LogP contribution in [0.3, 0.4) is 0 Å². The number of furan rings is 1. The summed E-state index contributed by atoms with van der Waals surface area (Å²) >= 11 is 5.64. The molecule has 78 valence electrons. The average Bonchev–Trinajstić information content (AvgIpc) is 2.78. The molecule has 0 unspecified atom stereocenters. The highest BCUT2D eigenvalue weighted by Gasteiger charge is 2.14. The monoisotopic (exact) mass is 226 g/mol. The molecule has 0 radical (unpaired) electrons. The Labute approximate surface area is 89.4 Å². The minimum atomic E-state index is -0.446. The fourth-order valence-corrected chi connectivity index (χ4v) is 1.14. The molecule has 2 aromatic heterocycles. The first kappa shape index (κ1) is 9.60. The number of carbonyl (C=O) groups is 1. The molecule has 0 atom stereocenters. The second-order valence-electron chi connectivity index (χ2n) is 2.75. The molecule has 1 amide bonds. The topological polar surface area (TPSA) is 96.9 Å². The first-order chi connectivity index (χ1) is 7.16. The van der Waals surface area contributed by atoms with Gasteiger partial charge in [-0.15, -0.1) is 0 Å². The SMILES string of the molecule is Nc1oc(C(=O)Nc2ccn[nH]2)cc1Cl. The summed E-state index contributed by atoms with van der Waals surface area (Å²) < 4.78 is 4.92. The summed E-state index contributed by atoms with van der Waals surface area (Å²) in [6.07, 6.45) is 1.51. The van der Waals surface area contributed by atoms with Crippen molar-refractivity contribution in [3.8, 4) is 0 Å². The standard InChI is InChI=1S/C8H7ClN4O2/c9-4-3-5(15-7(4)10)8(14)12-6-1-2-11-13-6/h1-3H,10H2,(H2,11,12,13,14). The Bertz CT molecular complexity index is 457. The smallest absolute Gasteiger partial charge is 0.292 e. The van der Waals surface area contributed by atoms with Crippen LogP contribution in [-0.4, -0.2) is 16.1 Å². The molecule has 2 rings (SSSR count). The highest BCUT2D eigenvalue weighted by Crippen LogP contribution is 2.23. The highest BCUT2D eigenvalue weighted by atomic mass is 35.5. The van der Waals surface area contributed by atoms with Crippen molar-refractivity contribution in [1.82, 2.24) is 10.2 Å². The van der Waals surface area contributed by atoms with Crippen molar-refractivity contribution >= 4 is 29.2 Å². The number of rotatable bonds is 2. The zero-order valence-electron chi connectivity index (χ0n) is 7.45. The van der Waals surface area contributed by atoms with E-state index in [0.717, 1.165) is 0 Å². The summed E-state index contributed by atoms with van der Waals surface area (Å²) in [6.45, 7) is 0. The third kappa shape index (κ3) is 1.94. The minimum absolute atomic E-state index is 0.0198. The van der Waals surface area contributed by atoms with Gasteiger partial charge in [-0.05, 0) is 0 Å². The predicted octanol–water partition coefficient (Wildman–Crippen LogP) is 1.49. The maximum Gasteiger partial charge on any atom is 0.292 e. The van der Waals surface area contributed by atoms with Gasteiger partial charge in [0, 0.05) is 12.1 Å². The molecule has 4 N–H and O–H groups in total. The first-order valence-electron chi connectivity index (χ1n) is 4.02. The van der Waals surface area contributed by atoms with Crippen molar-refractivity contribution in [2.45, 2.75) is 0 Å². The van der Waals surface area contributed by atoms with Gasteiger partial charge >= 0.3 is 0 Å². The van der Waals surface area contributed by atoms with E-state index >= 15 is 0 Å². The lowest BCUT2D eigenvalue weighted by atomic mass is 10.4. The number of nitrogens with zero attached hydrogens (tertiary/aromatic N) is 1. The third-order valence-electron chi connectivity index (χ3n) is 1.69. The maximum atomic E-state index is 11.5. The number of nitrogens with two attached hydrogens (primary N) is 1. The lowest BCUT2D eigenvalue weighted by molar-refractivity contribution is 0.0997. The molecule has 0 bridgehead atoms. The molecule has 0 aliphatic heterocycles. The minimum Gasteiger partial charge on any atom is -0.434 e. The molecule has 15 heavy (non-hydrogen) atoms. The van der Waals surface area contributed by atoms with Gasteiger partial charge in [-0.2, -0.15) is 5.10 Å². The van der Waals surface area contributed by atoms with Crippen LogP contribution in [0, 0.1) is 0 Å². The van der Waals surface area contributed by atoms with Crippen LogP contribution in [0.15, 0.2) is 22.7 Å². The van der Waals surface area contributed by atoms with E-state index in [1.807, 2.05) is 0 Å². The van der Waals surface area contributed by atoms with Gasteiger partial charge in [0.2, 0.25) is 5.88 Å². The summed E-state index contributed by atoms with van der Waals surface area (Å²) in [6, 6.07) is 2.95. The molecule has 0 saturated carbocycles. The van der Waals surface area contributed by atoms with Gasteiger partial charge in [0.15, 0.2) is 5.76 Å². The normalized spacial score (nSPS) is 10.2. The number of halogens is 1. The molecule has 0 aliphatic carbocycles. The summed E-state index contributed by atoms with van der Waals surface area (Å²) in [7, 11) is 0. The number of H-pyrrole nitrogens is 1. The van der Waals surface area contributed by atoms with Crippen LogP contribution >= 0.6 is 11.6 Å². The Hall–Kier alpha value is -1.95. The van der Waals surface area contributed by atoms with Crippen molar-refractivity contribution in [1.29, 1.82) is 0 Å². The molecular weight excluding hydrogens is 220 g/mol. The average molecular weight is 227 g/mol. The highest BCUT2D eigenvalue weighted by molar-refractivity contribution is 6.33. The van der Waals surface area contributed by atoms with Crippen LogP contribution < -0.4 is 11.1 Å². The Kier molecular flexibility index (Phi) is 2.34. The molecule has 2 heterocycles. The van der Waals surface area contributed by atoms with Crippen molar-refractivity contribution in [3.05, 3.63) is 29.1 Å². The predicted molar refractivity (Wildman–Crippen MR) is 54.7 cm³/mol. The zero-order valence-corrected chi connectivity index (χ0v) is 8.21. The summed E-state index contributed by atoms with van der Waals surface area (Å²) in [4.78, 5) is 11.5. The molecule has 0 aromatic carbocycles. The largest absolute Gasteiger partial charge is 0.434 e. The van der Waals surface area contributed by atoms with Gasteiger partial charge in [0.1, 0.15) is 10.8 Å². The van der Waals surface area contributed by atoms with Gasteiger partial charge in [-0.25, -0.2) is 0 Å². The molecule has 2 aromatic rings. The van der Waals surface area contributed by atoms with Gasteiger partial charge in [0.05, 0.1) is 6.20 Å². The fourth-order valence-electron chi connectivity index (χ4n) is 1.00. The molecule has 6 nitrogen and oxygen atoms in total. The van der Waals surface area contributed by atoms with E-state index in [-0.39, 0.29) is 16.7 Å². The molecular formula is C8H7ClN4O2. The van der Waals surface area contributed by atoms with E-state index in [1.165, 1.54) is 12.3 Å². The van der Waals surface area contributed by atoms with Crippen LogP contribution in [0.25, 0.3) is 0 Å². The van der Waals surface area contributed by atoms with Gasteiger partial charge in [-0.1, -0.05) is 11.6 Å². The molecule has 0 spiro atoms. The van der Waals surface area contributed by atoms with E-state index in [2.05, 4.69) is 15.5 Å². The second kappa shape index (κ2) is 3.66. The van der Waals surface area contributed by atoms with Gasteiger partial charge in [0.25, 0.3) is 5.91 Å². The number of aromatic nitrogens is 2. The molecule has 0 aliphatic rings. The van der Waals surface area contributed by atoms with Crippen LogP contribution in [-0.2, 0) is 0 Å². The van der Waals surface area contributed by atoms with E-state index < -0.39 is 5.91 Å². The quantitative estimate of drug-likeness (QED) is 0.723. The second-order valence-corrected chi connectivity index (χ2v) is 3.15. The van der Waals surface area contributed by atoms with E-state index in [4.69, 9.17) is 21.8 Å². The molecule has 0 fully saturated rings. The molecule has 7 heteroatoms. The Morgan fingerprint density at radius 1 is 1.67 bits per heavy atom. The number of nitrogen functional groups attached to an aromatic ring is 1. The number of nitrogens with one attached hydrogen (secondary N) is 2. The van der Waals surface area contributed by atoms with Crippen LogP contribution in [0.5, 0.6) is 0 Å². The van der Waals surface area contributed by atoms with Crippen LogP contribution in [0.2, 0.25) is 5.02 Å². The summed E-state index contributed by atoms with van der Waals surface area (Å²) in [5.41, 5.74) is 5.35. The van der Waals surface area contributed by atoms with E-state index in [9.17, 15) is 4.79 Å².